The fraction of sp³-hybridized carbons (Fsp3) is 0.588. The molecule has 3 atom stereocenters. The van der Waals surface area contributed by atoms with Gasteiger partial charge in [0.15, 0.2) is 0 Å². The van der Waals surface area contributed by atoms with Gasteiger partial charge in [-0.05, 0) is 36.3 Å². The van der Waals surface area contributed by atoms with E-state index in [9.17, 15) is 9.90 Å². The lowest BCUT2D eigenvalue weighted by Gasteiger charge is -2.41. The van der Waals surface area contributed by atoms with Crippen LogP contribution in [0.15, 0.2) is 24.3 Å². The maximum atomic E-state index is 12.5. The third kappa shape index (κ3) is 2.35. The summed E-state index contributed by atoms with van der Waals surface area (Å²) in [6.07, 6.45) is 4.91. The van der Waals surface area contributed by atoms with E-state index in [1.54, 1.807) is 0 Å². The number of nitrogens with one attached hydrogen (secondary N) is 1. The number of carbonyl (C=O) groups is 1. The first-order chi connectivity index (χ1) is 9.63. The molecule has 0 heterocycles. The molecular formula is C17H23NO2. The van der Waals surface area contributed by atoms with Crippen molar-refractivity contribution in [3.05, 3.63) is 35.4 Å². The summed E-state index contributed by atoms with van der Waals surface area (Å²) in [7, 11) is 0. The second-order valence-electron chi connectivity index (χ2n) is 6.58. The standard InChI is InChI=1S/C17H23NO2/c1-12-5-4-8-17(10-12,11-19)18-16(20)15-9-13-6-2-3-7-14(13)15/h2-3,6-7,12,15,19H,4-5,8-11H2,1H3,(H,18,20). The minimum Gasteiger partial charge on any atom is -0.394 e. The van der Waals surface area contributed by atoms with Crippen molar-refractivity contribution in [2.45, 2.75) is 50.5 Å². The van der Waals surface area contributed by atoms with Crippen molar-refractivity contribution in [3.63, 3.8) is 0 Å². The van der Waals surface area contributed by atoms with Crippen molar-refractivity contribution in [2.75, 3.05) is 6.61 Å². The molecule has 3 nitrogen and oxygen atoms in total. The van der Waals surface area contributed by atoms with Crippen molar-refractivity contribution in [1.82, 2.24) is 5.32 Å². The van der Waals surface area contributed by atoms with Crippen molar-refractivity contribution >= 4 is 5.91 Å². The number of benzene rings is 1. The van der Waals surface area contributed by atoms with Gasteiger partial charge in [0.05, 0.1) is 18.1 Å². The van der Waals surface area contributed by atoms with Crippen LogP contribution in [0.5, 0.6) is 0 Å². The lowest BCUT2D eigenvalue weighted by molar-refractivity contribution is -0.126. The van der Waals surface area contributed by atoms with Crippen LogP contribution < -0.4 is 5.32 Å². The summed E-state index contributed by atoms with van der Waals surface area (Å²) in [6.45, 7) is 2.26. The number of aliphatic hydroxyl groups excluding tert-OH is 1. The number of carbonyl (C=O) groups excluding carboxylic acids is 1. The Hall–Kier alpha value is -1.35. The zero-order chi connectivity index (χ0) is 14.2. The van der Waals surface area contributed by atoms with Crippen molar-refractivity contribution in [1.29, 1.82) is 0 Å². The highest BCUT2D eigenvalue weighted by Gasteiger charge is 2.39. The number of rotatable bonds is 3. The molecule has 0 aliphatic heterocycles. The maximum absolute atomic E-state index is 12.5. The lowest BCUT2D eigenvalue weighted by atomic mass is 9.74. The first-order valence-electron chi connectivity index (χ1n) is 7.64. The Morgan fingerprint density at radius 1 is 1.45 bits per heavy atom. The first-order valence-corrected chi connectivity index (χ1v) is 7.64. The molecule has 0 radical (unpaired) electrons. The molecule has 3 unspecified atom stereocenters. The molecule has 2 aliphatic rings. The van der Waals surface area contributed by atoms with Crippen LogP contribution in [0.25, 0.3) is 0 Å². The molecule has 0 aromatic heterocycles. The van der Waals surface area contributed by atoms with Crippen molar-refractivity contribution in [3.8, 4) is 0 Å². The normalized spacial score (nSPS) is 32.1. The molecule has 1 fully saturated rings. The van der Waals surface area contributed by atoms with E-state index in [-0.39, 0.29) is 24.0 Å². The van der Waals surface area contributed by atoms with Gasteiger partial charge < -0.3 is 10.4 Å². The van der Waals surface area contributed by atoms with Crippen LogP contribution in [-0.2, 0) is 11.2 Å². The Morgan fingerprint density at radius 2 is 2.25 bits per heavy atom. The summed E-state index contributed by atoms with van der Waals surface area (Å²) in [5.41, 5.74) is 2.05. The topological polar surface area (TPSA) is 49.3 Å². The van der Waals surface area contributed by atoms with Crippen LogP contribution in [0.3, 0.4) is 0 Å². The fourth-order valence-electron chi connectivity index (χ4n) is 3.80. The highest BCUT2D eigenvalue weighted by Crippen LogP contribution is 2.37. The molecule has 108 valence electrons. The summed E-state index contributed by atoms with van der Waals surface area (Å²) in [6, 6.07) is 8.13. The molecule has 1 saturated carbocycles. The monoisotopic (exact) mass is 273 g/mol. The summed E-state index contributed by atoms with van der Waals surface area (Å²) in [4.78, 5) is 12.5. The SMILES string of the molecule is CC1CCCC(CO)(NC(=O)C2Cc3ccccc32)C1. The number of hydrogen-bond acceptors (Lipinski definition) is 2. The van der Waals surface area contributed by atoms with E-state index >= 15 is 0 Å². The predicted octanol–water partition coefficient (Wildman–Crippen LogP) is 2.38. The number of amides is 1. The molecule has 1 aromatic carbocycles. The van der Waals surface area contributed by atoms with Gasteiger partial charge in [-0.2, -0.15) is 0 Å². The van der Waals surface area contributed by atoms with E-state index in [0.717, 1.165) is 31.2 Å². The largest absolute Gasteiger partial charge is 0.394 e. The Bertz CT molecular complexity index is 513. The van der Waals surface area contributed by atoms with Crippen LogP contribution in [0, 0.1) is 5.92 Å². The van der Waals surface area contributed by atoms with Crippen LogP contribution >= 0.6 is 0 Å². The van der Waals surface area contributed by atoms with E-state index in [4.69, 9.17) is 0 Å². The van der Waals surface area contributed by atoms with Gasteiger partial charge in [-0.25, -0.2) is 0 Å². The molecule has 1 aromatic rings. The van der Waals surface area contributed by atoms with E-state index in [1.807, 2.05) is 18.2 Å². The summed E-state index contributed by atoms with van der Waals surface area (Å²) >= 11 is 0. The van der Waals surface area contributed by atoms with Gasteiger partial charge in [0.2, 0.25) is 5.91 Å². The zero-order valence-corrected chi connectivity index (χ0v) is 12.1. The minimum atomic E-state index is -0.390. The van der Waals surface area contributed by atoms with Crippen LogP contribution in [0.1, 0.15) is 49.7 Å². The fourth-order valence-corrected chi connectivity index (χ4v) is 3.80. The van der Waals surface area contributed by atoms with Crippen LogP contribution in [-0.4, -0.2) is 23.2 Å². The van der Waals surface area contributed by atoms with E-state index in [0.29, 0.717) is 5.92 Å². The minimum absolute atomic E-state index is 0.0214. The van der Waals surface area contributed by atoms with Crippen LogP contribution in [0.4, 0.5) is 0 Å². The van der Waals surface area contributed by atoms with Gasteiger partial charge in [0, 0.05) is 0 Å². The average molecular weight is 273 g/mol. The Kier molecular flexibility index (Phi) is 3.55. The van der Waals surface area contributed by atoms with Gasteiger partial charge in [-0.3, -0.25) is 4.79 Å². The van der Waals surface area contributed by atoms with E-state index < -0.39 is 0 Å². The Labute approximate surface area is 120 Å². The van der Waals surface area contributed by atoms with Crippen molar-refractivity contribution in [2.24, 2.45) is 5.92 Å². The van der Waals surface area contributed by atoms with Gasteiger partial charge in [-0.15, -0.1) is 0 Å². The molecule has 0 bridgehead atoms. The molecular weight excluding hydrogens is 250 g/mol. The van der Waals surface area contributed by atoms with Gasteiger partial charge in [-0.1, -0.05) is 44.0 Å². The second kappa shape index (κ2) is 5.21. The smallest absolute Gasteiger partial charge is 0.228 e. The second-order valence-corrected chi connectivity index (χ2v) is 6.58. The van der Waals surface area contributed by atoms with Gasteiger partial charge >= 0.3 is 0 Å². The molecule has 1 amide bonds. The molecule has 0 saturated heterocycles. The average Bonchev–Trinajstić information content (AvgIpc) is 2.40. The Balaban J connectivity index is 1.70. The number of hydrogen-bond donors (Lipinski definition) is 2. The highest BCUT2D eigenvalue weighted by atomic mass is 16.3. The molecule has 20 heavy (non-hydrogen) atoms. The number of fused-ring (bicyclic) bond motifs is 1. The molecule has 2 N–H and O–H groups in total. The third-order valence-corrected chi connectivity index (χ3v) is 4.95. The molecule has 3 rings (SSSR count). The summed E-state index contributed by atoms with van der Waals surface area (Å²) < 4.78 is 0. The quantitative estimate of drug-likeness (QED) is 0.888. The Morgan fingerprint density at radius 3 is 2.95 bits per heavy atom. The lowest BCUT2D eigenvalue weighted by Crippen LogP contribution is -2.55. The van der Waals surface area contributed by atoms with E-state index in [2.05, 4.69) is 18.3 Å². The van der Waals surface area contributed by atoms with Crippen molar-refractivity contribution < 1.29 is 9.90 Å². The van der Waals surface area contributed by atoms with Gasteiger partial charge in [0.1, 0.15) is 0 Å². The maximum Gasteiger partial charge on any atom is 0.228 e. The zero-order valence-electron chi connectivity index (χ0n) is 12.1. The third-order valence-electron chi connectivity index (χ3n) is 4.95. The summed E-state index contributed by atoms with van der Waals surface area (Å²) in [5, 5.41) is 12.9. The molecule has 0 spiro atoms. The number of aliphatic hydroxyl groups is 1. The first kappa shape index (κ1) is 13.6. The summed E-state index contributed by atoms with van der Waals surface area (Å²) in [5.74, 6) is 0.642. The van der Waals surface area contributed by atoms with Gasteiger partial charge in [0.25, 0.3) is 0 Å². The molecule has 3 heteroatoms. The van der Waals surface area contributed by atoms with Crippen LogP contribution in [0.2, 0.25) is 0 Å². The highest BCUT2D eigenvalue weighted by molar-refractivity contribution is 5.87. The van der Waals surface area contributed by atoms with E-state index in [1.165, 1.54) is 12.0 Å². The predicted molar refractivity (Wildman–Crippen MR) is 78.5 cm³/mol. The molecule has 2 aliphatic carbocycles.